The molecule has 26 heavy (non-hydrogen) atoms. The van der Waals surface area contributed by atoms with E-state index in [4.69, 9.17) is 0 Å². The highest BCUT2D eigenvalue weighted by Crippen LogP contribution is 2.68. The molecular weight excluding hydrogens is 324 g/mol. The van der Waals surface area contributed by atoms with Crippen LogP contribution in [0.15, 0.2) is 22.5 Å². The number of allylic oxidation sites excluding steroid dienone is 4. The molecule has 0 aromatic heterocycles. The fourth-order valence-electron chi connectivity index (χ4n) is 5.94. The van der Waals surface area contributed by atoms with Gasteiger partial charge in [-0.05, 0) is 48.3 Å². The largest absolute Gasteiger partial charge is 0.386 e. The maximum atomic E-state index is 12.2. The molecule has 0 aromatic carbocycles. The number of rotatable bonds is 5. The van der Waals surface area contributed by atoms with Crippen molar-refractivity contribution in [2.75, 3.05) is 13.1 Å². The lowest BCUT2D eigenvalue weighted by molar-refractivity contribution is -0.116. The molecule has 4 nitrogen and oxygen atoms in total. The molecule has 0 saturated heterocycles. The van der Waals surface area contributed by atoms with Gasteiger partial charge < -0.3 is 10.6 Å². The fraction of sp³-hybridized carbons (Fsp3) is 0.727. The minimum absolute atomic E-state index is 0.294. The van der Waals surface area contributed by atoms with E-state index in [0.29, 0.717) is 46.1 Å². The van der Waals surface area contributed by atoms with Crippen molar-refractivity contribution in [2.24, 2.45) is 34.5 Å². The van der Waals surface area contributed by atoms with Crippen LogP contribution in [0, 0.1) is 34.5 Å². The second kappa shape index (κ2) is 5.46. The molecule has 0 radical (unpaired) electrons. The minimum Gasteiger partial charge on any atom is -0.386 e. The minimum atomic E-state index is 0.294. The quantitative estimate of drug-likeness (QED) is 0.587. The van der Waals surface area contributed by atoms with Crippen LogP contribution in [0.4, 0.5) is 0 Å². The Morgan fingerprint density at radius 1 is 0.808 bits per heavy atom. The number of carbonyl (C=O) groups is 2. The predicted octanol–water partition coefficient (Wildman–Crippen LogP) is 3.20. The lowest BCUT2D eigenvalue weighted by atomic mass is 9.95. The Morgan fingerprint density at radius 3 is 1.46 bits per heavy atom. The zero-order valence-corrected chi connectivity index (χ0v) is 17.0. The molecule has 4 saturated carbocycles. The average Bonchev–Trinajstić information content (AvgIpc) is 3.09. The van der Waals surface area contributed by atoms with E-state index < -0.39 is 0 Å². The maximum absolute atomic E-state index is 12.2. The number of fused-ring (bicyclic) bond motifs is 2. The Balaban J connectivity index is 1.33. The van der Waals surface area contributed by atoms with Gasteiger partial charge in [-0.2, -0.15) is 0 Å². The summed E-state index contributed by atoms with van der Waals surface area (Å²) in [6, 6.07) is 0. The van der Waals surface area contributed by atoms with Crippen molar-refractivity contribution >= 4 is 11.6 Å². The van der Waals surface area contributed by atoms with E-state index >= 15 is 0 Å². The molecule has 4 aliphatic rings. The van der Waals surface area contributed by atoms with Crippen molar-refractivity contribution in [2.45, 2.75) is 54.4 Å². The van der Waals surface area contributed by atoms with E-state index in [1.165, 1.54) is 0 Å². The van der Waals surface area contributed by atoms with Gasteiger partial charge in [-0.15, -0.1) is 0 Å². The van der Waals surface area contributed by atoms with Crippen LogP contribution in [0.1, 0.15) is 54.4 Å². The van der Waals surface area contributed by atoms with Crippen molar-refractivity contribution in [1.29, 1.82) is 0 Å². The van der Waals surface area contributed by atoms with Gasteiger partial charge >= 0.3 is 0 Å². The third kappa shape index (κ3) is 2.40. The maximum Gasteiger partial charge on any atom is 0.161 e. The van der Waals surface area contributed by atoms with Crippen LogP contribution in [0.3, 0.4) is 0 Å². The molecule has 2 N–H and O–H groups in total. The van der Waals surface area contributed by atoms with Crippen LogP contribution in [0.5, 0.6) is 0 Å². The number of carbonyl (C=O) groups excluding carboxylic acids is 2. The molecule has 0 spiro atoms. The van der Waals surface area contributed by atoms with Crippen molar-refractivity contribution in [3.8, 4) is 0 Å². The topological polar surface area (TPSA) is 58.2 Å². The summed E-state index contributed by atoms with van der Waals surface area (Å²) in [5.41, 5.74) is 4.73. The lowest BCUT2D eigenvalue weighted by Gasteiger charge is -2.16. The van der Waals surface area contributed by atoms with E-state index in [2.05, 4.69) is 38.3 Å². The smallest absolute Gasteiger partial charge is 0.161 e. The molecule has 0 amide bonds. The van der Waals surface area contributed by atoms with Gasteiger partial charge in [-0.3, -0.25) is 9.59 Å². The number of Topliss-reactive ketones (excluding diaryl/α,β-unsaturated/α-hetero) is 2. The van der Waals surface area contributed by atoms with Gasteiger partial charge in [0.25, 0.3) is 0 Å². The summed E-state index contributed by atoms with van der Waals surface area (Å²) in [4.78, 5) is 24.5. The summed E-state index contributed by atoms with van der Waals surface area (Å²) in [7, 11) is 0. The Hall–Kier alpha value is -1.58. The summed E-state index contributed by atoms with van der Waals surface area (Å²) in [5, 5.41) is 6.87. The molecule has 4 unspecified atom stereocenters. The second-order valence-corrected chi connectivity index (χ2v) is 10.00. The monoisotopic (exact) mass is 356 g/mol. The van der Waals surface area contributed by atoms with Crippen LogP contribution < -0.4 is 10.6 Å². The molecule has 4 fully saturated rings. The summed E-state index contributed by atoms with van der Waals surface area (Å²) in [5.74, 6) is 2.65. The summed E-state index contributed by atoms with van der Waals surface area (Å²) in [6.07, 6.45) is 1.44. The molecule has 4 atom stereocenters. The van der Waals surface area contributed by atoms with E-state index in [1.807, 2.05) is 13.8 Å². The highest BCUT2D eigenvalue weighted by molar-refractivity contribution is 6.01. The number of ketones is 2. The zero-order chi connectivity index (χ0) is 19.0. The number of hydrogen-bond acceptors (Lipinski definition) is 4. The molecule has 0 aromatic rings. The predicted molar refractivity (Wildman–Crippen MR) is 102 cm³/mol. The van der Waals surface area contributed by atoms with Crippen molar-refractivity contribution < 1.29 is 9.59 Å². The Bertz CT molecular complexity index is 692. The van der Waals surface area contributed by atoms with Gasteiger partial charge in [0.05, 0.1) is 0 Å². The number of hydrogen-bond donors (Lipinski definition) is 2. The average molecular weight is 357 g/mol. The third-order valence-corrected chi connectivity index (χ3v) is 7.85. The fourth-order valence-corrected chi connectivity index (χ4v) is 5.94. The SMILES string of the molecule is C/C(NCCN/C(C)=C1\C(=O)CC2C1C2(C)C)=C1/C(=O)CC2C1C2(C)C. The van der Waals surface area contributed by atoms with Gasteiger partial charge in [0.2, 0.25) is 0 Å². The Labute approximate surface area is 156 Å². The van der Waals surface area contributed by atoms with Gasteiger partial charge in [0.15, 0.2) is 11.6 Å². The first-order chi connectivity index (χ1) is 12.1. The molecule has 4 rings (SSSR count). The lowest BCUT2D eigenvalue weighted by Crippen LogP contribution is -2.28. The van der Waals surface area contributed by atoms with Crippen LogP contribution in [0.25, 0.3) is 0 Å². The van der Waals surface area contributed by atoms with E-state index in [0.717, 1.165) is 48.5 Å². The van der Waals surface area contributed by atoms with Crippen LogP contribution in [-0.4, -0.2) is 24.7 Å². The second-order valence-electron chi connectivity index (χ2n) is 10.00. The van der Waals surface area contributed by atoms with Crippen LogP contribution in [0.2, 0.25) is 0 Å². The van der Waals surface area contributed by atoms with Crippen molar-refractivity contribution in [1.82, 2.24) is 10.6 Å². The molecule has 142 valence electrons. The first-order valence-electron chi connectivity index (χ1n) is 10.0. The first-order valence-corrected chi connectivity index (χ1v) is 10.0. The van der Waals surface area contributed by atoms with Gasteiger partial charge in [0, 0.05) is 48.5 Å². The molecule has 0 heterocycles. The normalized spacial score (nSPS) is 39.3. The number of nitrogens with one attached hydrogen (secondary N) is 2. The molecule has 0 bridgehead atoms. The van der Waals surface area contributed by atoms with E-state index in [1.54, 1.807) is 0 Å². The summed E-state index contributed by atoms with van der Waals surface area (Å²) >= 11 is 0. The molecule has 4 aliphatic carbocycles. The van der Waals surface area contributed by atoms with Gasteiger partial charge in [0.1, 0.15) is 0 Å². The van der Waals surface area contributed by atoms with Crippen molar-refractivity contribution in [3.05, 3.63) is 22.5 Å². The molecule has 4 heteroatoms. The third-order valence-electron chi connectivity index (χ3n) is 7.85. The van der Waals surface area contributed by atoms with Crippen LogP contribution >= 0.6 is 0 Å². The van der Waals surface area contributed by atoms with Crippen LogP contribution in [-0.2, 0) is 9.59 Å². The highest BCUT2D eigenvalue weighted by Gasteiger charge is 2.66. The van der Waals surface area contributed by atoms with E-state index in [9.17, 15) is 9.59 Å². The standard InChI is InChI=1S/C22H32N2O2/c1-11(17-15(25)9-13-19(17)21(13,3)4)23-7-8-24-12(2)18-16(26)10-14-20(18)22(14,5)6/h13-14,19-20,23-24H,7-10H2,1-6H3/b17-11+,18-12+. The van der Waals surface area contributed by atoms with Gasteiger partial charge in [-0.1, -0.05) is 27.7 Å². The van der Waals surface area contributed by atoms with Crippen molar-refractivity contribution in [3.63, 3.8) is 0 Å². The molecular formula is C22H32N2O2. The summed E-state index contributed by atoms with van der Waals surface area (Å²) < 4.78 is 0. The first kappa shape index (κ1) is 17.8. The molecule has 0 aliphatic heterocycles. The summed E-state index contributed by atoms with van der Waals surface area (Å²) in [6.45, 7) is 14.7. The Morgan fingerprint density at radius 2 is 1.15 bits per heavy atom. The van der Waals surface area contributed by atoms with Gasteiger partial charge in [-0.25, -0.2) is 0 Å². The van der Waals surface area contributed by atoms with E-state index in [-0.39, 0.29) is 0 Å². The zero-order valence-electron chi connectivity index (χ0n) is 17.0. The highest BCUT2D eigenvalue weighted by atomic mass is 16.1. The Kier molecular flexibility index (Phi) is 3.74.